The summed E-state index contributed by atoms with van der Waals surface area (Å²) in [5.41, 5.74) is 12.2. The van der Waals surface area contributed by atoms with Crippen LogP contribution in [0.5, 0.6) is 5.75 Å². The lowest BCUT2D eigenvalue weighted by molar-refractivity contribution is 0.249. The number of hydrogen-bond donors (Lipinski definition) is 2. The number of carbonyl (C=O) groups is 1. The van der Waals surface area contributed by atoms with Gasteiger partial charge in [0, 0.05) is 5.56 Å². The lowest BCUT2D eigenvalue weighted by atomic mass is 9.94. The van der Waals surface area contributed by atoms with Crippen LogP contribution < -0.4 is 15.9 Å². The molecule has 0 spiro atoms. The minimum atomic E-state index is -0.714. The third-order valence-corrected chi connectivity index (χ3v) is 3.76. The van der Waals surface area contributed by atoms with Crippen molar-refractivity contribution in [3.05, 3.63) is 64.0 Å². The molecule has 2 amide bonds. The van der Waals surface area contributed by atoms with E-state index < -0.39 is 6.03 Å². The van der Waals surface area contributed by atoms with E-state index in [0.29, 0.717) is 12.4 Å². The van der Waals surface area contributed by atoms with Crippen LogP contribution in [0.1, 0.15) is 27.8 Å². The summed E-state index contributed by atoms with van der Waals surface area (Å²) in [5.74, 6) is 0.298. The zero-order chi connectivity index (χ0) is 17.7. The quantitative estimate of drug-likeness (QED) is 0.652. The molecule has 24 heavy (non-hydrogen) atoms. The van der Waals surface area contributed by atoms with E-state index >= 15 is 0 Å². The van der Waals surface area contributed by atoms with Gasteiger partial charge in [0.15, 0.2) is 0 Å². The van der Waals surface area contributed by atoms with Gasteiger partial charge in [0.25, 0.3) is 0 Å². The van der Waals surface area contributed by atoms with Gasteiger partial charge in [0.1, 0.15) is 18.2 Å². The Hall–Kier alpha value is -2.89. The number of rotatable bonds is 5. The summed E-state index contributed by atoms with van der Waals surface area (Å²) in [6, 6.07) is 7.21. The van der Waals surface area contributed by atoms with E-state index in [-0.39, 0.29) is 5.82 Å². The molecule has 0 fully saturated rings. The minimum Gasteiger partial charge on any atom is -0.489 e. The van der Waals surface area contributed by atoms with Crippen LogP contribution in [-0.4, -0.2) is 12.2 Å². The molecule has 5 nitrogen and oxygen atoms in total. The number of nitrogens with one attached hydrogen (secondary N) is 1. The van der Waals surface area contributed by atoms with Crippen LogP contribution in [0.15, 0.2) is 35.4 Å². The highest BCUT2D eigenvalue weighted by molar-refractivity contribution is 5.85. The SMILES string of the molecule is Cc1cc(C)c(COc2ccc(F)cc2)c(C)c1/C=N/NC(N)=O. The Morgan fingerprint density at radius 1 is 1.25 bits per heavy atom. The average molecular weight is 329 g/mol. The van der Waals surface area contributed by atoms with E-state index in [4.69, 9.17) is 10.5 Å². The van der Waals surface area contributed by atoms with Gasteiger partial charge in [-0.05, 0) is 67.3 Å². The smallest absolute Gasteiger partial charge is 0.332 e. The first-order valence-corrected chi connectivity index (χ1v) is 7.45. The fraction of sp³-hybridized carbons (Fsp3) is 0.222. The molecule has 0 bridgehead atoms. The molecule has 0 aliphatic heterocycles. The van der Waals surface area contributed by atoms with Crippen molar-refractivity contribution >= 4 is 12.2 Å². The third kappa shape index (κ3) is 4.32. The average Bonchev–Trinajstić information content (AvgIpc) is 2.51. The lowest BCUT2D eigenvalue weighted by Gasteiger charge is -2.16. The van der Waals surface area contributed by atoms with Crippen molar-refractivity contribution in [2.75, 3.05) is 0 Å². The van der Waals surface area contributed by atoms with Gasteiger partial charge in [0.05, 0.1) is 6.21 Å². The number of nitrogens with two attached hydrogens (primary N) is 1. The molecule has 3 N–H and O–H groups in total. The second-order valence-corrected chi connectivity index (χ2v) is 5.50. The summed E-state index contributed by atoms with van der Waals surface area (Å²) in [6.45, 7) is 6.30. The van der Waals surface area contributed by atoms with Crippen molar-refractivity contribution in [3.63, 3.8) is 0 Å². The topological polar surface area (TPSA) is 76.7 Å². The molecule has 0 atom stereocenters. The van der Waals surface area contributed by atoms with Gasteiger partial charge in [-0.3, -0.25) is 0 Å². The zero-order valence-electron chi connectivity index (χ0n) is 13.9. The summed E-state index contributed by atoms with van der Waals surface area (Å²) in [5, 5.41) is 3.83. The van der Waals surface area contributed by atoms with Gasteiger partial charge in [-0.25, -0.2) is 14.6 Å². The Morgan fingerprint density at radius 2 is 1.92 bits per heavy atom. The van der Waals surface area contributed by atoms with Crippen molar-refractivity contribution in [3.8, 4) is 5.75 Å². The van der Waals surface area contributed by atoms with Crippen LogP contribution in [0, 0.1) is 26.6 Å². The number of hydrazone groups is 1. The molecule has 0 saturated heterocycles. The Morgan fingerprint density at radius 3 is 2.54 bits per heavy atom. The van der Waals surface area contributed by atoms with Crippen LogP contribution in [0.4, 0.5) is 9.18 Å². The van der Waals surface area contributed by atoms with Crippen molar-refractivity contribution in [1.29, 1.82) is 0 Å². The highest BCUT2D eigenvalue weighted by atomic mass is 19.1. The highest BCUT2D eigenvalue weighted by Crippen LogP contribution is 2.23. The number of hydrogen-bond acceptors (Lipinski definition) is 3. The van der Waals surface area contributed by atoms with Gasteiger partial charge in [0.2, 0.25) is 0 Å². The molecule has 126 valence electrons. The number of ether oxygens (including phenoxy) is 1. The third-order valence-electron chi connectivity index (χ3n) is 3.76. The van der Waals surface area contributed by atoms with Gasteiger partial charge in [-0.1, -0.05) is 6.07 Å². The number of benzene rings is 2. The first kappa shape index (κ1) is 17.5. The Balaban J connectivity index is 2.24. The number of carbonyl (C=O) groups excluding carboxylic acids is 1. The van der Waals surface area contributed by atoms with E-state index in [2.05, 4.69) is 10.5 Å². The van der Waals surface area contributed by atoms with Gasteiger partial charge < -0.3 is 10.5 Å². The first-order valence-electron chi connectivity index (χ1n) is 7.45. The summed E-state index contributed by atoms with van der Waals surface area (Å²) >= 11 is 0. The van der Waals surface area contributed by atoms with Crippen molar-refractivity contribution in [1.82, 2.24) is 5.43 Å². The molecule has 0 aliphatic rings. The molecule has 2 rings (SSSR count). The molecule has 0 unspecified atom stereocenters. The summed E-state index contributed by atoms with van der Waals surface area (Å²) in [7, 11) is 0. The first-order chi connectivity index (χ1) is 11.4. The molecule has 0 aromatic heterocycles. The van der Waals surface area contributed by atoms with E-state index in [0.717, 1.165) is 27.8 Å². The normalized spacial score (nSPS) is 10.8. The Kier molecular flexibility index (Phi) is 5.52. The van der Waals surface area contributed by atoms with E-state index in [1.165, 1.54) is 12.1 Å². The van der Waals surface area contributed by atoms with Crippen molar-refractivity contribution < 1.29 is 13.9 Å². The second-order valence-electron chi connectivity index (χ2n) is 5.50. The molecular formula is C18H20FN3O2. The van der Waals surface area contributed by atoms with Gasteiger partial charge in [-0.2, -0.15) is 5.10 Å². The molecule has 0 heterocycles. The number of aryl methyl sites for hydroxylation is 2. The Bertz CT molecular complexity index is 771. The fourth-order valence-electron chi connectivity index (χ4n) is 2.51. The van der Waals surface area contributed by atoms with Crippen LogP contribution in [0.3, 0.4) is 0 Å². The molecule has 0 radical (unpaired) electrons. The van der Waals surface area contributed by atoms with Crippen LogP contribution in [0.2, 0.25) is 0 Å². The predicted molar refractivity (Wildman–Crippen MR) is 91.7 cm³/mol. The molecule has 2 aromatic carbocycles. The number of halogens is 1. The van der Waals surface area contributed by atoms with Crippen LogP contribution in [-0.2, 0) is 6.61 Å². The maximum absolute atomic E-state index is 12.9. The van der Waals surface area contributed by atoms with Crippen molar-refractivity contribution in [2.45, 2.75) is 27.4 Å². The van der Waals surface area contributed by atoms with Crippen molar-refractivity contribution in [2.24, 2.45) is 10.8 Å². The van der Waals surface area contributed by atoms with E-state index in [1.807, 2.05) is 26.8 Å². The Labute approximate surface area is 140 Å². The molecular weight excluding hydrogens is 309 g/mol. The second kappa shape index (κ2) is 7.59. The maximum atomic E-state index is 12.9. The number of primary amides is 1. The summed E-state index contributed by atoms with van der Waals surface area (Å²) in [6.07, 6.45) is 1.57. The van der Waals surface area contributed by atoms with Crippen LogP contribution in [0.25, 0.3) is 0 Å². The maximum Gasteiger partial charge on any atom is 0.332 e. The van der Waals surface area contributed by atoms with Gasteiger partial charge in [-0.15, -0.1) is 0 Å². The van der Waals surface area contributed by atoms with Gasteiger partial charge >= 0.3 is 6.03 Å². The number of urea groups is 1. The predicted octanol–water partition coefficient (Wildman–Crippen LogP) is 3.33. The summed E-state index contributed by atoms with van der Waals surface area (Å²) < 4.78 is 18.7. The summed E-state index contributed by atoms with van der Waals surface area (Å²) in [4.78, 5) is 10.7. The highest BCUT2D eigenvalue weighted by Gasteiger charge is 2.11. The van der Waals surface area contributed by atoms with E-state index in [1.54, 1.807) is 18.3 Å². The van der Waals surface area contributed by atoms with Crippen LogP contribution >= 0.6 is 0 Å². The monoisotopic (exact) mass is 329 g/mol. The molecule has 6 heteroatoms. The molecule has 0 saturated carbocycles. The number of amides is 2. The molecule has 2 aromatic rings. The minimum absolute atomic E-state index is 0.300. The lowest BCUT2D eigenvalue weighted by Crippen LogP contribution is -2.24. The zero-order valence-corrected chi connectivity index (χ0v) is 13.9. The number of nitrogens with zero attached hydrogens (tertiary/aromatic N) is 1. The molecule has 0 aliphatic carbocycles. The standard InChI is InChI=1S/C18H20FN3O2/c1-11-8-12(2)17(10-24-15-6-4-14(19)5-7-15)13(3)16(11)9-21-22-18(20)23/h4-9H,10H2,1-3H3,(H3,20,22,23)/b21-9+. The largest absolute Gasteiger partial charge is 0.489 e. The van der Waals surface area contributed by atoms with E-state index in [9.17, 15) is 9.18 Å². The fourth-order valence-corrected chi connectivity index (χ4v) is 2.51.